The minimum absolute atomic E-state index is 0.323. The van der Waals surface area contributed by atoms with Crippen LogP contribution in [0.25, 0.3) is 0 Å². The molecule has 0 aliphatic carbocycles. The summed E-state index contributed by atoms with van der Waals surface area (Å²) in [7, 11) is 1.71. The predicted molar refractivity (Wildman–Crippen MR) is 58.9 cm³/mol. The Hall–Kier alpha value is -0.680. The molecule has 0 aromatic carbocycles. The number of pyridine rings is 1. The van der Waals surface area contributed by atoms with Gasteiger partial charge >= 0.3 is 0 Å². The third kappa shape index (κ3) is 3.14. The third-order valence-corrected chi connectivity index (χ3v) is 2.42. The largest absolute Gasteiger partial charge is 0.389 e. The number of likely N-dealkylation sites (N-methyl/N-ethyl adjacent to an activating group) is 1. The van der Waals surface area contributed by atoms with Crippen LogP contribution in [0.3, 0.4) is 0 Å². The normalized spacial score (nSPS) is 15.0. The van der Waals surface area contributed by atoms with E-state index in [1.807, 2.05) is 6.92 Å². The highest BCUT2D eigenvalue weighted by atomic mass is 35.5. The van der Waals surface area contributed by atoms with E-state index in [1.54, 1.807) is 13.1 Å². The molecule has 2 atom stereocenters. The van der Waals surface area contributed by atoms with E-state index >= 15 is 0 Å². The van der Waals surface area contributed by atoms with Gasteiger partial charge in [0.05, 0.1) is 6.10 Å². The molecular weight excluding hydrogens is 216 g/mol. The molecule has 0 saturated heterocycles. The van der Waals surface area contributed by atoms with Crippen LogP contribution in [-0.2, 0) is 0 Å². The van der Waals surface area contributed by atoms with Gasteiger partial charge in [-0.2, -0.15) is 0 Å². The van der Waals surface area contributed by atoms with E-state index in [4.69, 9.17) is 11.6 Å². The van der Waals surface area contributed by atoms with Gasteiger partial charge in [-0.3, -0.25) is 0 Å². The highest BCUT2D eigenvalue weighted by molar-refractivity contribution is 6.29. The maximum atomic E-state index is 9.82. The van der Waals surface area contributed by atoms with Gasteiger partial charge < -0.3 is 15.5 Å². The summed E-state index contributed by atoms with van der Waals surface area (Å²) in [5.74, 6) is 0. The van der Waals surface area contributed by atoms with Gasteiger partial charge in [0.1, 0.15) is 11.3 Å². The van der Waals surface area contributed by atoms with Gasteiger partial charge in [0.2, 0.25) is 0 Å². The molecule has 0 bridgehead atoms. The van der Waals surface area contributed by atoms with Gasteiger partial charge in [-0.25, -0.2) is 4.98 Å². The second-order valence-corrected chi connectivity index (χ2v) is 3.82. The highest BCUT2D eigenvalue weighted by Gasteiger charge is 2.19. The van der Waals surface area contributed by atoms with Crippen molar-refractivity contribution in [3.05, 3.63) is 28.5 Å². The maximum absolute atomic E-state index is 9.82. The number of nitrogens with zero attached hydrogens (tertiary/aromatic N) is 1. The van der Waals surface area contributed by atoms with E-state index in [0.717, 1.165) is 5.56 Å². The van der Waals surface area contributed by atoms with E-state index < -0.39 is 12.2 Å². The molecule has 0 aliphatic heterocycles. The number of hydrogen-bond donors (Lipinski definition) is 3. The molecule has 1 rings (SSSR count). The van der Waals surface area contributed by atoms with Gasteiger partial charge in [-0.1, -0.05) is 11.6 Å². The average molecular weight is 231 g/mol. The molecule has 15 heavy (non-hydrogen) atoms. The lowest BCUT2D eigenvalue weighted by Gasteiger charge is -2.19. The topological polar surface area (TPSA) is 65.4 Å². The Morgan fingerprint density at radius 1 is 1.53 bits per heavy atom. The first-order valence-corrected chi connectivity index (χ1v) is 5.06. The number of aliphatic hydroxyl groups is 2. The Morgan fingerprint density at radius 2 is 2.20 bits per heavy atom. The summed E-state index contributed by atoms with van der Waals surface area (Å²) in [5.41, 5.74) is 1.42. The number of rotatable bonds is 4. The Balaban J connectivity index is 2.86. The van der Waals surface area contributed by atoms with Crippen LogP contribution >= 0.6 is 11.6 Å². The summed E-state index contributed by atoms with van der Waals surface area (Å²) >= 11 is 5.69. The minimum atomic E-state index is -0.942. The van der Waals surface area contributed by atoms with Crippen molar-refractivity contribution in [1.82, 2.24) is 10.3 Å². The summed E-state index contributed by atoms with van der Waals surface area (Å²) in [4.78, 5) is 3.88. The maximum Gasteiger partial charge on any atom is 0.129 e. The van der Waals surface area contributed by atoms with E-state index in [1.165, 1.54) is 6.20 Å². The van der Waals surface area contributed by atoms with Gasteiger partial charge in [0.15, 0.2) is 0 Å². The van der Waals surface area contributed by atoms with Crippen molar-refractivity contribution < 1.29 is 10.2 Å². The second-order valence-electron chi connectivity index (χ2n) is 3.43. The average Bonchev–Trinajstić information content (AvgIpc) is 2.17. The van der Waals surface area contributed by atoms with E-state index in [2.05, 4.69) is 10.3 Å². The molecule has 1 aromatic rings. The summed E-state index contributed by atoms with van der Waals surface area (Å²) in [6.07, 6.45) is -0.305. The molecule has 1 aromatic heterocycles. The quantitative estimate of drug-likeness (QED) is 0.665. The van der Waals surface area contributed by atoms with Crippen molar-refractivity contribution in [3.8, 4) is 0 Å². The van der Waals surface area contributed by atoms with E-state index in [0.29, 0.717) is 17.3 Å². The number of hydrogen-bond acceptors (Lipinski definition) is 4. The first kappa shape index (κ1) is 12.4. The lowest BCUT2D eigenvalue weighted by atomic mass is 10.0. The molecule has 2 unspecified atom stereocenters. The van der Waals surface area contributed by atoms with Crippen LogP contribution < -0.4 is 5.32 Å². The van der Waals surface area contributed by atoms with Crippen molar-refractivity contribution in [2.45, 2.75) is 19.1 Å². The van der Waals surface area contributed by atoms with Crippen LogP contribution in [0.1, 0.15) is 17.2 Å². The van der Waals surface area contributed by atoms with Crippen molar-refractivity contribution in [3.63, 3.8) is 0 Å². The number of aryl methyl sites for hydroxylation is 1. The first-order chi connectivity index (χ1) is 7.06. The first-order valence-electron chi connectivity index (χ1n) is 4.69. The molecule has 84 valence electrons. The van der Waals surface area contributed by atoms with E-state index in [-0.39, 0.29) is 0 Å². The zero-order valence-corrected chi connectivity index (χ0v) is 9.49. The molecule has 0 aliphatic rings. The molecule has 0 radical (unpaired) electrons. The lowest BCUT2D eigenvalue weighted by molar-refractivity contribution is 0.0197. The number of aliphatic hydroxyl groups excluding tert-OH is 2. The number of aromatic nitrogens is 1. The molecule has 4 nitrogen and oxygen atoms in total. The molecule has 0 fully saturated rings. The second kappa shape index (κ2) is 5.42. The fourth-order valence-electron chi connectivity index (χ4n) is 1.37. The molecule has 5 heteroatoms. The van der Waals surface area contributed by atoms with Crippen LogP contribution in [-0.4, -0.2) is 34.9 Å². The summed E-state index contributed by atoms with van der Waals surface area (Å²) in [5, 5.41) is 22.6. The lowest BCUT2D eigenvalue weighted by Crippen LogP contribution is -2.30. The SMILES string of the molecule is CNCC(O)C(O)c1cnc(Cl)cc1C. The van der Waals surface area contributed by atoms with Crippen LogP contribution in [0.15, 0.2) is 12.3 Å². The Morgan fingerprint density at radius 3 is 2.73 bits per heavy atom. The van der Waals surface area contributed by atoms with Gasteiger partial charge in [-0.05, 0) is 25.6 Å². The fraction of sp³-hybridized carbons (Fsp3) is 0.500. The zero-order valence-electron chi connectivity index (χ0n) is 8.74. The van der Waals surface area contributed by atoms with Crippen molar-refractivity contribution in [2.24, 2.45) is 0 Å². The van der Waals surface area contributed by atoms with Gasteiger partial charge in [0, 0.05) is 18.3 Å². The fourth-order valence-corrected chi connectivity index (χ4v) is 1.58. The molecule has 3 N–H and O–H groups in total. The Bertz CT molecular complexity index is 333. The van der Waals surface area contributed by atoms with Crippen molar-refractivity contribution in [1.29, 1.82) is 0 Å². The standard InChI is InChI=1S/C10H15ClN2O2/c1-6-3-9(11)13-4-7(6)10(15)8(14)5-12-2/h3-4,8,10,12,14-15H,5H2,1-2H3. The van der Waals surface area contributed by atoms with Gasteiger partial charge in [-0.15, -0.1) is 0 Å². The minimum Gasteiger partial charge on any atom is -0.389 e. The molecular formula is C10H15ClN2O2. The number of halogens is 1. The Kier molecular flexibility index (Phi) is 4.47. The van der Waals surface area contributed by atoms with Crippen LogP contribution in [0.2, 0.25) is 5.15 Å². The smallest absolute Gasteiger partial charge is 0.129 e. The summed E-state index contributed by atoms with van der Waals surface area (Å²) in [6, 6.07) is 1.66. The number of nitrogens with one attached hydrogen (secondary N) is 1. The summed E-state index contributed by atoms with van der Waals surface area (Å²) in [6.45, 7) is 2.14. The van der Waals surface area contributed by atoms with Crippen LogP contribution in [0.5, 0.6) is 0 Å². The molecule has 0 saturated carbocycles. The predicted octanol–water partition coefficient (Wildman–Crippen LogP) is 0.657. The summed E-state index contributed by atoms with van der Waals surface area (Å²) < 4.78 is 0. The van der Waals surface area contributed by atoms with Crippen molar-refractivity contribution >= 4 is 11.6 Å². The molecule has 1 heterocycles. The van der Waals surface area contributed by atoms with E-state index in [9.17, 15) is 10.2 Å². The third-order valence-electron chi connectivity index (χ3n) is 2.21. The van der Waals surface area contributed by atoms with Gasteiger partial charge in [0.25, 0.3) is 0 Å². The monoisotopic (exact) mass is 230 g/mol. The van der Waals surface area contributed by atoms with Crippen LogP contribution in [0, 0.1) is 6.92 Å². The molecule has 0 amide bonds. The van der Waals surface area contributed by atoms with Crippen molar-refractivity contribution in [2.75, 3.05) is 13.6 Å². The van der Waals surface area contributed by atoms with Crippen LogP contribution in [0.4, 0.5) is 0 Å². The Labute approximate surface area is 93.9 Å². The highest BCUT2D eigenvalue weighted by Crippen LogP contribution is 2.21. The molecule has 0 spiro atoms. The zero-order chi connectivity index (χ0) is 11.4.